The third kappa shape index (κ3) is 3.43. The Hall–Kier alpha value is -2.44. The van der Waals surface area contributed by atoms with Gasteiger partial charge in [0.2, 0.25) is 0 Å². The number of anilines is 1. The van der Waals surface area contributed by atoms with Gasteiger partial charge in [0.1, 0.15) is 11.5 Å². The molecule has 0 radical (unpaired) electrons. The Morgan fingerprint density at radius 1 is 1.19 bits per heavy atom. The zero-order chi connectivity index (χ0) is 18.1. The van der Waals surface area contributed by atoms with E-state index in [9.17, 15) is 4.79 Å². The minimum atomic E-state index is -0.119. The summed E-state index contributed by atoms with van der Waals surface area (Å²) in [4.78, 5) is 17.2. The lowest BCUT2D eigenvalue weighted by Gasteiger charge is -2.08. The van der Waals surface area contributed by atoms with Crippen molar-refractivity contribution in [3.05, 3.63) is 57.9 Å². The number of hydrogen-bond acceptors (Lipinski definition) is 5. The number of aryl methyl sites for hydroxylation is 2. The number of aromatic nitrogens is 1. The molecule has 3 aromatic rings. The van der Waals surface area contributed by atoms with Crippen LogP contribution in [0.25, 0.3) is 11.3 Å². The van der Waals surface area contributed by atoms with E-state index in [0.29, 0.717) is 10.7 Å². The topological polar surface area (TPSA) is 67.2 Å². The predicted molar refractivity (Wildman–Crippen MR) is 104 cm³/mol. The Labute approximate surface area is 156 Å². The second-order valence-electron chi connectivity index (χ2n) is 6.55. The summed E-state index contributed by atoms with van der Waals surface area (Å²) in [6, 6.07) is 7.95. The number of carbonyl (C=O) groups excluding carboxylic acids is 1. The van der Waals surface area contributed by atoms with Gasteiger partial charge in [0.15, 0.2) is 5.13 Å². The van der Waals surface area contributed by atoms with E-state index in [-0.39, 0.29) is 5.91 Å². The maximum absolute atomic E-state index is 12.6. The molecule has 2 N–H and O–H groups in total. The zero-order valence-electron chi connectivity index (χ0n) is 14.9. The van der Waals surface area contributed by atoms with Crippen LogP contribution < -0.4 is 10.6 Å². The van der Waals surface area contributed by atoms with Crippen molar-refractivity contribution >= 4 is 22.4 Å². The number of furan rings is 1. The first kappa shape index (κ1) is 17.0. The highest BCUT2D eigenvalue weighted by atomic mass is 32.1. The molecule has 0 saturated heterocycles. The van der Waals surface area contributed by atoms with Gasteiger partial charge in [-0.1, -0.05) is 6.07 Å². The molecule has 1 aliphatic heterocycles. The first-order valence-electron chi connectivity index (χ1n) is 8.77. The Morgan fingerprint density at radius 2 is 2.00 bits per heavy atom. The fourth-order valence-electron chi connectivity index (χ4n) is 3.32. The summed E-state index contributed by atoms with van der Waals surface area (Å²) in [6.45, 7) is 5.79. The van der Waals surface area contributed by atoms with Gasteiger partial charge in [0, 0.05) is 16.5 Å². The summed E-state index contributed by atoms with van der Waals surface area (Å²) in [5, 5.41) is 8.85. The summed E-state index contributed by atoms with van der Waals surface area (Å²) >= 11 is 1.42. The molecule has 134 valence electrons. The summed E-state index contributed by atoms with van der Waals surface area (Å²) < 4.78 is 5.56. The fraction of sp³-hybridized carbons (Fsp3) is 0.300. The molecule has 0 atom stereocenters. The van der Waals surface area contributed by atoms with Crippen LogP contribution in [0.1, 0.15) is 33.0 Å². The Bertz CT molecular complexity index is 958. The number of thiazole rings is 1. The molecule has 0 fully saturated rings. The van der Waals surface area contributed by atoms with Gasteiger partial charge in [0.05, 0.1) is 5.69 Å². The highest BCUT2D eigenvalue weighted by molar-refractivity contribution is 7.14. The summed E-state index contributed by atoms with van der Waals surface area (Å²) in [6.07, 6.45) is 1.97. The molecule has 4 rings (SSSR count). The molecular formula is C20H21N3O2S. The fourth-order valence-corrected chi connectivity index (χ4v) is 4.03. The van der Waals surface area contributed by atoms with E-state index in [1.54, 1.807) is 0 Å². The summed E-state index contributed by atoms with van der Waals surface area (Å²) in [7, 11) is 0. The number of nitrogens with one attached hydrogen (secondary N) is 2. The lowest BCUT2D eigenvalue weighted by Crippen LogP contribution is -2.16. The second-order valence-corrected chi connectivity index (χ2v) is 7.41. The third-order valence-corrected chi connectivity index (χ3v) is 5.41. The van der Waals surface area contributed by atoms with Gasteiger partial charge in [-0.2, -0.15) is 0 Å². The molecule has 2 aromatic heterocycles. The summed E-state index contributed by atoms with van der Waals surface area (Å²) in [5.41, 5.74) is 5.06. The van der Waals surface area contributed by atoms with Gasteiger partial charge in [-0.25, -0.2) is 4.98 Å². The van der Waals surface area contributed by atoms with Gasteiger partial charge < -0.3 is 9.73 Å². The van der Waals surface area contributed by atoms with E-state index in [0.717, 1.165) is 48.7 Å². The summed E-state index contributed by atoms with van der Waals surface area (Å²) in [5.74, 6) is 1.58. The van der Waals surface area contributed by atoms with E-state index >= 15 is 0 Å². The molecule has 26 heavy (non-hydrogen) atoms. The number of benzene rings is 1. The normalized spacial score (nSPS) is 13.9. The first-order valence-corrected chi connectivity index (χ1v) is 9.65. The van der Waals surface area contributed by atoms with Crippen LogP contribution >= 0.6 is 11.3 Å². The Kier molecular flexibility index (Phi) is 4.61. The van der Waals surface area contributed by atoms with Gasteiger partial charge >= 0.3 is 0 Å². The second kappa shape index (κ2) is 7.05. The molecule has 1 aliphatic rings. The van der Waals surface area contributed by atoms with Crippen LogP contribution in [0.15, 0.2) is 34.1 Å². The maximum Gasteiger partial charge on any atom is 0.257 e. The minimum absolute atomic E-state index is 0.119. The largest absolute Gasteiger partial charge is 0.466 e. The lowest BCUT2D eigenvalue weighted by molar-refractivity contribution is 0.102. The highest BCUT2D eigenvalue weighted by Gasteiger charge is 2.15. The van der Waals surface area contributed by atoms with Crippen molar-refractivity contribution in [3.8, 4) is 11.3 Å². The van der Waals surface area contributed by atoms with Crippen molar-refractivity contribution in [2.24, 2.45) is 0 Å². The van der Waals surface area contributed by atoms with Gasteiger partial charge in [-0.3, -0.25) is 10.1 Å². The predicted octanol–water partition coefficient (Wildman–Crippen LogP) is 3.96. The van der Waals surface area contributed by atoms with E-state index in [1.807, 2.05) is 37.4 Å². The van der Waals surface area contributed by atoms with Gasteiger partial charge in [0.25, 0.3) is 5.91 Å². The molecule has 0 bridgehead atoms. The SMILES string of the molecule is Cc1cc(-c2csc(NC(=O)c3ccc4c(c3)CCNCC4)n2)c(C)o1. The van der Waals surface area contributed by atoms with E-state index in [1.165, 1.54) is 22.5 Å². The van der Waals surface area contributed by atoms with Crippen LogP contribution in [-0.2, 0) is 12.8 Å². The van der Waals surface area contributed by atoms with Crippen LogP contribution in [0.5, 0.6) is 0 Å². The Balaban J connectivity index is 1.52. The molecule has 1 aromatic carbocycles. The van der Waals surface area contributed by atoms with Crippen molar-refractivity contribution in [3.63, 3.8) is 0 Å². The number of carbonyl (C=O) groups is 1. The molecule has 3 heterocycles. The van der Waals surface area contributed by atoms with Gasteiger partial charge in [-0.05, 0) is 69.1 Å². The monoisotopic (exact) mass is 367 g/mol. The molecule has 0 spiro atoms. The first-order chi connectivity index (χ1) is 12.6. The molecule has 5 nitrogen and oxygen atoms in total. The number of amides is 1. The molecule has 6 heteroatoms. The van der Waals surface area contributed by atoms with Crippen molar-refractivity contribution in [1.29, 1.82) is 0 Å². The molecule has 0 aliphatic carbocycles. The van der Waals surface area contributed by atoms with Crippen LogP contribution in [0, 0.1) is 13.8 Å². The average Bonchev–Trinajstić information content (AvgIpc) is 3.12. The standard InChI is InChI=1S/C20H21N3O2S/c1-12-9-17(13(2)25-12)18-11-26-20(22-18)23-19(24)16-4-3-14-5-7-21-8-6-15(14)10-16/h3-4,9-11,21H,5-8H2,1-2H3,(H,22,23,24). The van der Waals surface area contributed by atoms with Crippen LogP contribution in [0.3, 0.4) is 0 Å². The quantitative estimate of drug-likeness (QED) is 0.735. The van der Waals surface area contributed by atoms with E-state index < -0.39 is 0 Å². The number of rotatable bonds is 3. The molecule has 0 unspecified atom stereocenters. The zero-order valence-corrected chi connectivity index (χ0v) is 15.7. The number of fused-ring (bicyclic) bond motifs is 1. The Morgan fingerprint density at radius 3 is 2.77 bits per heavy atom. The minimum Gasteiger partial charge on any atom is -0.466 e. The highest BCUT2D eigenvalue weighted by Crippen LogP contribution is 2.29. The van der Waals surface area contributed by atoms with Crippen LogP contribution in [-0.4, -0.2) is 24.0 Å². The molecular weight excluding hydrogens is 346 g/mol. The van der Waals surface area contributed by atoms with Crippen LogP contribution in [0.2, 0.25) is 0 Å². The van der Waals surface area contributed by atoms with Crippen molar-refractivity contribution in [2.75, 3.05) is 18.4 Å². The molecule has 1 amide bonds. The third-order valence-electron chi connectivity index (χ3n) is 4.65. The van der Waals surface area contributed by atoms with Gasteiger partial charge in [-0.15, -0.1) is 11.3 Å². The van der Waals surface area contributed by atoms with E-state index in [2.05, 4.69) is 21.7 Å². The van der Waals surface area contributed by atoms with E-state index in [4.69, 9.17) is 4.42 Å². The van der Waals surface area contributed by atoms with Crippen molar-refractivity contribution < 1.29 is 9.21 Å². The van der Waals surface area contributed by atoms with Crippen LogP contribution in [0.4, 0.5) is 5.13 Å². The van der Waals surface area contributed by atoms with Crippen molar-refractivity contribution in [1.82, 2.24) is 10.3 Å². The number of nitrogens with zero attached hydrogens (tertiary/aromatic N) is 1. The maximum atomic E-state index is 12.6. The number of hydrogen-bond donors (Lipinski definition) is 2. The smallest absolute Gasteiger partial charge is 0.257 e. The lowest BCUT2D eigenvalue weighted by atomic mass is 10.00. The average molecular weight is 367 g/mol. The van der Waals surface area contributed by atoms with Crippen molar-refractivity contribution in [2.45, 2.75) is 26.7 Å². The molecule has 0 saturated carbocycles.